The fraction of sp³-hybridized carbons (Fsp3) is 0.259. The summed E-state index contributed by atoms with van der Waals surface area (Å²) in [4.78, 5) is 18.7. The molecule has 1 atom stereocenters. The van der Waals surface area contributed by atoms with Gasteiger partial charge in [0, 0.05) is 6.54 Å². The van der Waals surface area contributed by atoms with Gasteiger partial charge in [-0.1, -0.05) is 31.2 Å². The van der Waals surface area contributed by atoms with Crippen molar-refractivity contribution in [3.05, 3.63) is 94.5 Å². The lowest BCUT2D eigenvalue weighted by Crippen LogP contribution is -2.38. The third-order valence-corrected chi connectivity index (χ3v) is 7.96. The molecule has 0 saturated carbocycles. The van der Waals surface area contributed by atoms with Gasteiger partial charge in [0.25, 0.3) is 5.56 Å². The second kappa shape index (κ2) is 10.0. The molecule has 0 spiro atoms. The third-order valence-electron chi connectivity index (χ3n) is 5.98. The van der Waals surface area contributed by atoms with E-state index >= 15 is 0 Å². The summed E-state index contributed by atoms with van der Waals surface area (Å²) in [5, 5.41) is 0.477. The number of aromatic nitrogens is 2. The van der Waals surface area contributed by atoms with Crippen LogP contribution in [0.4, 0.5) is 0 Å². The summed E-state index contributed by atoms with van der Waals surface area (Å²) in [7, 11) is -2.35. The Morgan fingerprint density at radius 1 is 1.03 bits per heavy atom. The predicted octanol–water partition coefficient (Wildman–Crippen LogP) is 4.86. The van der Waals surface area contributed by atoms with Gasteiger partial charge in [-0.2, -0.15) is 4.31 Å². The van der Waals surface area contributed by atoms with Crippen LogP contribution < -0.4 is 10.3 Å². The highest BCUT2D eigenvalue weighted by Gasteiger charge is 2.32. The van der Waals surface area contributed by atoms with Crippen LogP contribution in [0.5, 0.6) is 5.75 Å². The molecule has 0 aliphatic heterocycles. The second-order valence-electron chi connectivity index (χ2n) is 8.43. The maximum Gasteiger partial charge on any atom is 0.266 e. The Bertz CT molecular complexity index is 1510. The third kappa shape index (κ3) is 4.72. The molecule has 3 aromatic carbocycles. The summed E-state index contributed by atoms with van der Waals surface area (Å²) >= 11 is 0. The van der Waals surface area contributed by atoms with Crippen molar-refractivity contribution in [3.8, 4) is 11.4 Å². The van der Waals surface area contributed by atoms with E-state index in [1.165, 1.54) is 28.1 Å². The number of rotatable bonds is 8. The SMILES string of the molecule is CCCN(C(C)c1nc2ccccc2c(=O)n1-c1cccc(C)c1)S(=O)(=O)c1ccc(OC)cc1. The van der Waals surface area contributed by atoms with Crippen molar-refractivity contribution in [1.82, 2.24) is 13.9 Å². The first-order chi connectivity index (χ1) is 16.8. The summed E-state index contributed by atoms with van der Waals surface area (Å²) in [6, 6.07) is 20.3. The van der Waals surface area contributed by atoms with E-state index in [4.69, 9.17) is 9.72 Å². The Hall–Kier alpha value is -3.49. The quantitative estimate of drug-likeness (QED) is 0.351. The molecule has 4 aromatic rings. The monoisotopic (exact) mass is 491 g/mol. The number of methoxy groups -OCH3 is 1. The molecule has 0 amide bonds. The van der Waals surface area contributed by atoms with Crippen molar-refractivity contribution in [3.63, 3.8) is 0 Å². The van der Waals surface area contributed by atoms with E-state index < -0.39 is 16.1 Å². The van der Waals surface area contributed by atoms with Gasteiger partial charge >= 0.3 is 0 Å². The number of sulfonamides is 1. The molecule has 0 aliphatic carbocycles. The topological polar surface area (TPSA) is 81.5 Å². The smallest absolute Gasteiger partial charge is 0.266 e. The zero-order valence-electron chi connectivity index (χ0n) is 20.3. The minimum Gasteiger partial charge on any atom is -0.497 e. The molecule has 0 bridgehead atoms. The average molecular weight is 492 g/mol. The van der Waals surface area contributed by atoms with Crippen molar-refractivity contribution in [1.29, 1.82) is 0 Å². The summed E-state index contributed by atoms with van der Waals surface area (Å²) in [6.07, 6.45) is 0.599. The summed E-state index contributed by atoms with van der Waals surface area (Å²) in [6.45, 7) is 5.92. The Morgan fingerprint density at radius 2 is 1.74 bits per heavy atom. The molecule has 4 rings (SSSR count). The highest BCUT2D eigenvalue weighted by Crippen LogP contribution is 2.29. The van der Waals surface area contributed by atoms with Gasteiger partial charge in [0.15, 0.2) is 0 Å². The number of fused-ring (bicyclic) bond motifs is 1. The predicted molar refractivity (Wildman–Crippen MR) is 138 cm³/mol. The zero-order valence-corrected chi connectivity index (χ0v) is 21.1. The Morgan fingerprint density at radius 3 is 2.40 bits per heavy atom. The van der Waals surface area contributed by atoms with E-state index in [0.29, 0.717) is 34.6 Å². The van der Waals surface area contributed by atoms with Crippen LogP contribution in [0.1, 0.15) is 37.7 Å². The van der Waals surface area contributed by atoms with Crippen molar-refractivity contribution in [2.45, 2.75) is 38.1 Å². The van der Waals surface area contributed by atoms with Gasteiger partial charge in [-0.3, -0.25) is 9.36 Å². The lowest BCUT2D eigenvalue weighted by molar-refractivity contribution is 0.327. The van der Waals surface area contributed by atoms with Gasteiger partial charge in [0.2, 0.25) is 10.0 Å². The van der Waals surface area contributed by atoms with Crippen molar-refractivity contribution >= 4 is 20.9 Å². The van der Waals surface area contributed by atoms with Crippen LogP contribution in [0.3, 0.4) is 0 Å². The molecular weight excluding hydrogens is 462 g/mol. The molecule has 182 valence electrons. The lowest BCUT2D eigenvalue weighted by Gasteiger charge is -2.29. The van der Waals surface area contributed by atoms with Crippen LogP contribution in [0.2, 0.25) is 0 Å². The number of para-hydroxylation sites is 1. The van der Waals surface area contributed by atoms with Crippen LogP contribution >= 0.6 is 0 Å². The number of benzene rings is 3. The minimum atomic E-state index is -3.89. The normalized spacial score (nSPS) is 12.7. The molecular formula is C27H29N3O4S. The summed E-state index contributed by atoms with van der Waals surface area (Å²) in [5.41, 5.74) is 1.92. The second-order valence-corrected chi connectivity index (χ2v) is 10.3. The van der Waals surface area contributed by atoms with Crippen LogP contribution in [-0.2, 0) is 10.0 Å². The van der Waals surface area contributed by atoms with Crippen LogP contribution in [0.15, 0.2) is 82.5 Å². The molecule has 8 heteroatoms. The molecule has 1 unspecified atom stereocenters. The number of hydrogen-bond donors (Lipinski definition) is 0. The fourth-order valence-corrected chi connectivity index (χ4v) is 5.89. The number of aryl methyl sites for hydroxylation is 1. The van der Waals surface area contributed by atoms with Crippen molar-refractivity contribution in [2.24, 2.45) is 0 Å². The van der Waals surface area contributed by atoms with Gasteiger partial charge in [-0.15, -0.1) is 0 Å². The highest BCUT2D eigenvalue weighted by molar-refractivity contribution is 7.89. The molecule has 0 saturated heterocycles. The molecule has 0 radical (unpaired) electrons. The fourth-order valence-electron chi connectivity index (χ4n) is 4.20. The highest BCUT2D eigenvalue weighted by atomic mass is 32.2. The standard InChI is InChI=1S/C27H29N3O4S/c1-5-17-29(35(32,33)23-15-13-22(34-4)14-16-23)20(3)26-28-25-12-7-6-11-24(25)27(31)30(26)21-10-8-9-19(2)18-21/h6-16,18,20H,5,17H2,1-4H3. The lowest BCUT2D eigenvalue weighted by atomic mass is 10.1. The number of ether oxygens (including phenoxy) is 1. The first kappa shape index (κ1) is 24.6. The van der Waals surface area contributed by atoms with Crippen LogP contribution in [0.25, 0.3) is 16.6 Å². The average Bonchev–Trinajstić information content (AvgIpc) is 2.86. The number of hydrogen-bond acceptors (Lipinski definition) is 5. The maximum atomic E-state index is 13.8. The van der Waals surface area contributed by atoms with E-state index in [9.17, 15) is 13.2 Å². The maximum absolute atomic E-state index is 13.8. The molecule has 1 heterocycles. The number of nitrogens with zero attached hydrogens (tertiary/aromatic N) is 3. The molecule has 1 aromatic heterocycles. The van der Waals surface area contributed by atoms with Gasteiger partial charge in [-0.05, 0) is 74.4 Å². The Kier molecular flexibility index (Phi) is 7.05. The van der Waals surface area contributed by atoms with Gasteiger partial charge in [0.05, 0.1) is 34.6 Å². The van der Waals surface area contributed by atoms with E-state index in [1.54, 1.807) is 37.3 Å². The van der Waals surface area contributed by atoms with Gasteiger partial charge in [0.1, 0.15) is 11.6 Å². The molecule has 35 heavy (non-hydrogen) atoms. The zero-order chi connectivity index (χ0) is 25.2. The largest absolute Gasteiger partial charge is 0.497 e. The van der Waals surface area contributed by atoms with Crippen LogP contribution in [-0.4, -0.2) is 35.9 Å². The van der Waals surface area contributed by atoms with E-state index in [-0.39, 0.29) is 17.0 Å². The minimum absolute atomic E-state index is 0.156. The first-order valence-electron chi connectivity index (χ1n) is 11.5. The Balaban J connectivity index is 1.93. The van der Waals surface area contributed by atoms with E-state index in [0.717, 1.165) is 5.56 Å². The van der Waals surface area contributed by atoms with Crippen LogP contribution in [0, 0.1) is 6.92 Å². The van der Waals surface area contributed by atoms with Crippen molar-refractivity contribution < 1.29 is 13.2 Å². The Labute approximate surface area is 205 Å². The molecule has 0 aliphatic rings. The van der Waals surface area contributed by atoms with E-state index in [1.807, 2.05) is 44.2 Å². The summed E-state index contributed by atoms with van der Waals surface area (Å²) in [5.74, 6) is 0.938. The van der Waals surface area contributed by atoms with Crippen molar-refractivity contribution in [2.75, 3.05) is 13.7 Å². The summed E-state index contributed by atoms with van der Waals surface area (Å²) < 4.78 is 35.6. The van der Waals surface area contributed by atoms with Gasteiger partial charge < -0.3 is 4.74 Å². The molecule has 0 fully saturated rings. The first-order valence-corrected chi connectivity index (χ1v) is 13.0. The molecule has 7 nitrogen and oxygen atoms in total. The van der Waals surface area contributed by atoms with Gasteiger partial charge in [-0.25, -0.2) is 13.4 Å². The molecule has 0 N–H and O–H groups in total. The van der Waals surface area contributed by atoms with E-state index in [2.05, 4.69) is 0 Å².